The van der Waals surface area contributed by atoms with Crippen LogP contribution < -0.4 is 0 Å². The van der Waals surface area contributed by atoms with Crippen molar-refractivity contribution in [1.82, 2.24) is 0 Å². The number of ketones is 1. The van der Waals surface area contributed by atoms with Crippen molar-refractivity contribution >= 4 is 5.78 Å². The first kappa shape index (κ1) is 10.6. The highest BCUT2D eigenvalue weighted by Gasteiger charge is 2.04. The molecule has 0 bridgehead atoms. The van der Waals surface area contributed by atoms with Gasteiger partial charge in [0.25, 0.3) is 0 Å². The van der Waals surface area contributed by atoms with Crippen molar-refractivity contribution in [1.29, 1.82) is 0 Å². The van der Waals surface area contributed by atoms with Crippen LogP contribution in [0, 0.1) is 6.07 Å². The molecule has 1 radical (unpaired) electrons. The molecule has 0 amide bonds. The van der Waals surface area contributed by atoms with Gasteiger partial charge in [-0.05, 0) is 18.1 Å². The number of hydrogen-bond acceptors (Lipinski definition) is 1. The van der Waals surface area contributed by atoms with E-state index in [-0.39, 0.29) is 5.78 Å². The quantitative estimate of drug-likeness (QED) is 0.706. The van der Waals surface area contributed by atoms with Crippen LogP contribution in [0.4, 0.5) is 0 Å². The van der Waals surface area contributed by atoms with E-state index in [2.05, 4.69) is 6.07 Å². The van der Waals surface area contributed by atoms with Gasteiger partial charge in [-0.25, -0.2) is 0 Å². The van der Waals surface area contributed by atoms with Gasteiger partial charge in [-0.3, -0.25) is 4.79 Å². The number of aryl methyl sites for hydroxylation is 1. The summed E-state index contributed by atoms with van der Waals surface area (Å²) in [5, 5.41) is 0. The lowest BCUT2D eigenvalue weighted by molar-refractivity contribution is 0.0983. The Kier molecular flexibility index (Phi) is 3.50. The van der Waals surface area contributed by atoms with E-state index in [0.29, 0.717) is 6.42 Å². The van der Waals surface area contributed by atoms with E-state index in [1.165, 1.54) is 5.56 Å². The molecule has 79 valence electrons. The summed E-state index contributed by atoms with van der Waals surface area (Å²) >= 11 is 0. The number of rotatable bonds is 4. The molecule has 0 aliphatic rings. The second-order valence-corrected chi connectivity index (χ2v) is 3.70. The summed E-state index contributed by atoms with van der Waals surface area (Å²) in [6.07, 6.45) is 1.37. The highest BCUT2D eigenvalue weighted by Crippen LogP contribution is 2.07. The fraction of sp³-hybridized carbons (Fsp3) is 0.133. The summed E-state index contributed by atoms with van der Waals surface area (Å²) < 4.78 is 0. The molecule has 0 aromatic heterocycles. The number of benzene rings is 2. The van der Waals surface area contributed by atoms with Gasteiger partial charge in [0, 0.05) is 12.0 Å². The minimum absolute atomic E-state index is 0.192. The van der Waals surface area contributed by atoms with Crippen LogP contribution in [0.1, 0.15) is 22.3 Å². The zero-order chi connectivity index (χ0) is 11.2. The van der Waals surface area contributed by atoms with Gasteiger partial charge in [0.2, 0.25) is 0 Å². The fourth-order valence-electron chi connectivity index (χ4n) is 1.62. The van der Waals surface area contributed by atoms with E-state index >= 15 is 0 Å². The first-order valence-electron chi connectivity index (χ1n) is 5.39. The summed E-state index contributed by atoms with van der Waals surface area (Å²) in [7, 11) is 0. The van der Waals surface area contributed by atoms with Crippen molar-refractivity contribution < 1.29 is 4.79 Å². The standard InChI is InChI=1S/C15H13O/c16-15(14-9-5-2-6-10-14)12-11-13-7-3-1-4-8-13/h1,3-10H,11-12H2. The Morgan fingerprint density at radius 2 is 1.69 bits per heavy atom. The Morgan fingerprint density at radius 3 is 2.38 bits per heavy atom. The van der Waals surface area contributed by atoms with Gasteiger partial charge in [0.15, 0.2) is 5.78 Å². The molecule has 0 N–H and O–H groups in total. The molecule has 0 fully saturated rings. The van der Waals surface area contributed by atoms with Gasteiger partial charge in [0.1, 0.15) is 0 Å². The Balaban J connectivity index is 1.95. The Morgan fingerprint density at radius 1 is 1.00 bits per heavy atom. The van der Waals surface area contributed by atoms with Gasteiger partial charge in [0.05, 0.1) is 0 Å². The van der Waals surface area contributed by atoms with Gasteiger partial charge < -0.3 is 0 Å². The first-order chi connectivity index (χ1) is 7.86. The van der Waals surface area contributed by atoms with Crippen LogP contribution in [0.25, 0.3) is 0 Å². The second kappa shape index (κ2) is 5.26. The molecule has 0 saturated carbocycles. The Hall–Kier alpha value is -1.89. The maximum atomic E-state index is 11.8. The second-order valence-electron chi connectivity index (χ2n) is 3.70. The topological polar surface area (TPSA) is 17.1 Å². The Labute approximate surface area is 95.7 Å². The third kappa shape index (κ3) is 2.80. The smallest absolute Gasteiger partial charge is 0.163 e. The molecule has 0 heterocycles. The maximum Gasteiger partial charge on any atom is 0.163 e. The summed E-state index contributed by atoms with van der Waals surface area (Å²) in [6.45, 7) is 0. The zero-order valence-corrected chi connectivity index (χ0v) is 9.02. The highest BCUT2D eigenvalue weighted by atomic mass is 16.1. The van der Waals surface area contributed by atoms with Crippen molar-refractivity contribution in [3.8, 4) is 0 Å². The maximum absolute atomic E-state index is 11.8. The summed E-state index contributed by atoms with van der Waals surface area (Å²) in [6, 6.07) is 20.2. The number of hydrogen-bond donors (Lipinski definition) is 0. The number of carbonyl (C=O) groups is 1. The van der Waals surface area contributed by atoms with Crippen LogP contribution >= 0.6 is 0 Å². The predicted octanol–water partition coefficient (Wildman–Crippen LogP) is 3.30. The van der Waals surface area contributed by atoms with E-state index in [1.807, 2.05) is 42.5 Å². The molecule has 2 aromatic carbocycles. The average molecular weight is 209 g/mol. The third-order valence-corrected chi connectivity index (χ3v) is 2.52. The summed E-state index contributed by atoms with van der Waals surface area (Å²) in [5.41, 5.74) is 1.98. The van der Waals surface area contributed by atoms with Gasteiger partial charge >= 0.3 is 0 Å². The molecule has 0 spiro atoms. The minimum atomic E-state index is 0.192. The molecule has 2 aromatic rings. The number of carbonyl (C=O) groups excluding carboxylic acids is 1. The molecule has 0 aliphatic heterocycles. The van der Waals surface area contributed by atoms with Crippen molar-refractivity contribution in [3.63, 3.8) is 0 Å². The van der Waals surface area contributed by atoms with Crippen LogP contribution in [0.15, 0.2) is 54.6 Å². The average Bonchev–Trinajstić information content (AvgIpc) is 2.38. The first-order valence-corrected chi connectivity index (χ1v) is 5.39. The van der Waals surface area contributed by atoms with Crippen LogP contribution in [-0.2, 0) is 6.42 Å². The lowest BCUT2D eigenvalue weighted by Gasteiger charge is -2.01. The lowest BCUT2D eigenvalue weighted by Crippen LogP contribution is -2.00. The zero-order valence-electron chi connectivity index (χ0n) is 9.02. The normalized spacial score (nSPS) is 10.0. The van der Waals surface area contributed by atoms with Crippen LogP contribution in [0.2, 0.25) is 0 Å². The molecule has 2 rings (SSSR count). The van der Waals surface area contributed by atoms with E-state index in [4.69, 9.17) is 0 Å². The molecule has 1 nitrogen and oxygen atoms in total. The minimum Gasteiger partial charge on any atom is -0.294 e. The van der Waals surface area contributed by atoms with Crippen molar-refractivity contribution in [3.05, 3.63) is 71.8 Å². The molecule has 0 unspecified atom stereocenters. The van der Waals surface area contributed by atoms with Gasteiger partial charge in [-0.2, -0.15) is 0 Å². The highest BCUT2D eigenvalue weighted by molar-refractivity contribution is 5.96. The third-order valence-electron chi connectivity index (χ3n) is 2.52. The summed E-state index contributed by atoms with van der Waals surface area (Å²) in [5.74, 6) is 0.192. The predicted molar refractivity (Wildman–Crippen MR) is 64.4 cm³/mol. The molecule has 0 saturated heterocycles. The van der Waals surface area contributed by atoms with Crippen LogP contribution in [-0.4, -0.2) is 5.78 Å². The van der Waals surface area contributed by atoms with Gasteiger partial charge in [-0.15, -0.1) is 0 Å². The molecule has 16 heavy (non-hydrogen) atoms. The molecular formula is C15H13O. The number of Topliss-reactive ketones (excluding diaryl/α,β-unsaturated/α-hetero) is 1. The molecule has 1 heteroatoms. The van der Waals surface area contributed by atoms with Crippen molar-refractivity contribution in [2.24, 2.45) is 0 Å². The van der Waals surface area contributed by atoms with E-state index in [0.717, 1.165) is 12.0 Å². The SMILES string of the molecule is O=C(CCc1ccccc1)c1cc[c]cc1. The van der Waals surface area contributed by atoms with E-state index in [9.17, 15) is 4.79 Å². The monoisotopic (exact) mass is 209 g/mol. The largest absolute Gasteiger partial charge is 0.294 e. The van der Waals surface area contributed by atoms with Crippen LogP contribution in [0.3, 0.4) is 0 Å². The lowest BCUT2D eigenvalue weighted by atomic mass is 10.0. The van der Waals surface area contributed by atoms with Crippen molar-refractivity contribution in [2.45, 2.75) is 12.8 Å². The van der Waals surface area contributed by atoms with E-state index in [1.54, 1.807) is 12.1 Å². The molecule has 0 atom stereocenters. The van der Waals surface area contributed by atoms with Crippen molar-refractivity contribution in [2.75, 3.05) is 0 Å². The van der Waals surface area contributed by atoms with Gasteiger partial charge in [-0.1, -0.05) is 54.6 Å². The molecular weight excluding hydrogens is 196 g/mol. The van der Waals surface area contributed by atoms with E-state index < -0.39 is 0 Å². The fourth-order valence-corrected chi connectivity index (χ4v) is 1.62. The Bertz CT molecular complexity index is 445. The summed E-state index contributed by atoms with van der Waals surface area (Å²) in [4.78, 5) is 11.8. The molecule has 0 aliphatic carbocycles. The van der Waals surface area contributed by atoms with Crippen LogP contribution in [0.5, 0.6) is 0 Å².